The standard InChI is InChI=1S/C21H31N3O3S/c1-4-14-27-21-10-9-18(15-17(21)2)28(25,26)22-16-20(24-12-5-6-13-24)19-8-7-11-23(19)3/h7-11,15,20,22H,4-6,12-14,16H2,1-3H3. The molecular formula is C21H31N3O3S. The van der Waals surface area contributed by atoms with Crippen LogP contribution in [0.1, 0.15) is 43.5 Å². The zero-order valence-electron chi connectivity index (χ0n) is 17.0. The summed E-state index contributed by atoms with van der Waals surface area (Å²) in [5.74, 6) is 0.736. The maximum absolute atomic E-state index is 12.9. The van der Waals surface area contributed by atoms with Crippen LogP contribution in [0.2, 0.25) is 0 Å². The van der Waals surface area contributed by atoms with Crippen molar-refractivity contribution >= 4 is 10.0 Å². The molecule has 28 heavy (non-hydrogen) atoms. The first kappa shape index (κ1) is 20.9. The van der Waals surface area contributed by atoms with E-state index < -0.39 is 10.0 Å². The summed E-state index contributed by atoms with van der Waals surface area (Å²) in [5.41, 5.74) is 1.96. The molecule has 1 aliphatic heterocycles. The highest BCUT2D eigenvalue weighted by molar-refractivity contribution is 7.89. The second kappa shape index (κ2) is 9.11. The van der Waals surface area contributed by atoms with Crippen LogP contribution in [0.5, 0.6) is 5.75 Å². The van der Waals surface area contributed by atoms with E-state index in [0.29, 0.717) is 13.2 Å². The summed E-state index contributed by atoms with van der Waals surface area (Å²) in [6.07, 6.45) is 5.24. The highest BCUT2D eigenvalue weighted by Crippen LogP contribution is 2.26. The Hall–Kier alpha value is -1.83. The summed E-state index contributed by atoms with van der Waals surface area (Å²) in [6, 6.07) is 9.15. The van der Waals surface area contributed by atoms with Crippen LogP contribution < -0.4 is 9.46 Å². The number of hydrogen-bond acceptors (Lipinski definition) is 4. The van der Waals surface area contributed by atoms with Crippen LogP contribution in [0.3, 0.4) is 0 Å². The van der Waals surface area contributed by atoms with Crippen LogP contribution >= 0.6 is 0 Å². The van der Waals surface area contributed by atoms with Gasteiger partial charge in [0.15, 0.2) is 0 Å². The Balaban J connectivity index is 1.75. The van der Waals surface area contributed by atoms with Crippen LogP contribution in [0.25, 0.3) is 0 Å². The maximum atomic E-state index is 12.9. The van der Waals surface area contributed by atoms with Gasteiger partial charge in [-0.3, -0.25) is 4.90 Å². The van der Waals surface area contributed by atoms with Gasteiger partial charge in [0.05, 0.1) is 17.5 Å². The molecule has 6 nitrogen and oxygen atoms in total. The number of hydrogen-bond donors (Lipinski definition) is 1. The van der Waals surface area contributed by atoms with Gasteiger partial charge in [0.2, 0.25) is 10.0 Å². The van der Waals surface area contributed by atoms with Crippen molar-refractivity contribution in [2.75, 3.05) is 26.2 Å². The molecule has 1 saturated heterocycles. The molecule has 7 heteroatoms. The first-order valence-corrected chi connectivity index (χ1v) is 11.5. The van der Waals surface area contributed by atoms with Crippen LogP contribution in [-0.4, -0.2) is 44.1 Å². The van der Waals surface area contributed by atoms with Gasteiger partial charge in [-0.05, 0) is 75.2 Å². The van der Waals surface area contributed by atoms with E-state index in [9.17, 15) is 8.42 Å². The predicted octanol–water partition coefficient (Wildman–Crippen LogP) is 3.24. The lowest BCUT2D eigenvalue weighted by Gasteiger charge is -2.28. The number of nitrogens with zero attached hydrogens (tertiary/aromatic N) is 2. The number of ether oxygens (including phenoxy) is 1. The zero-order chi connectivity index (χ0) is 20.1. The third-order valence-corrected chi connectivity index (χ3v) is 6.71. The highest BCUT2D eigenvalue weighted by atomic mass is 32.2. The SMILES string of the molecule is CCCOc1ccc(S(=O)(=O)NCC(c2cccn2C)N2CCCC2)cc1C. The molecule has 1 atom stereocenters. The number of nitrogens with one attached hydrogen (secondary N) is 1. The lowest BCUT2D eigenvalue weighted by Crippen LogP contribution is -2.37. The fraction of sp³-hybridized carbons (Fsp3) is 0.524. The lowest BCUT2D eigenvalue weighted by atomic mass is 10.2. The van der Waals surface area contributed by atoms with Crippen molar-refractivity contribution in [3.63, 3.8) is 0 Å². The van der Waals surface area contributed by atoms with E-state index in [4.69, 9.17) is 4.74 Å². The van der Waals surface area contributed by atoms with Gasteiger partial charge >= 0.3 is 0 Å². The van der Waals surface area contributed by atoms with Crippen molar-refractivity contribution in [2.24, 2.45) is 7.05 Å². The zero-order valence-corrected chi connectivity index (χ0v) is 17.8. The van der Waals surface area contributed by atoms with E-state index in [0.717, 1.165) is 49.4 Å². The minimum Gasteiger partial charge on any atom is -0.493 e. The van der Waals surface area contributed by atoms with Crippen molar-refractivity contribution in [3.8, 4) is 5.75 Å². The van der Waals surface area contributed by atoms with E-state index in [1.165, 1.54) is 0 Å². The van der Waals surface area contributed by atoms with E-state index >= 15 is 0 Å². The third-order valence-electron chi connectivity index (χ3n) is 5.29. The number of aryl methyl sites for hydroxylation is 2. The topological polar surface area (TPSA) is 63.6 Å². The average molecular weight is 406 g/mol. The van der Waals surface area contributed by atoms with Crippen molar-refractivity contribution in [3.05, 3.63) is 47.8 Å². The van der Waals surface area contributed by atoms with E-state index in [1.54, 1.807) is 18.2 Å². The second-order valence-corrected chi connectivity index (χ2v) is 9.20. The molecule has 1 aromatic carbocycles. The molecular weight excluding hydrogens is 374 g/mol. The molecule has 2 heterocycles. The Morgan fingerprint density at radius 2 is 1.96 bits per heavy atom. The van der Waals surface area contributed by atoms with Gasteiger partial charge in [-0.15, -0.1) is 0 Å². The van der Waals surface area contributed by atoms with Gasteiger partial charge in [0, 0.05) is 25.5 Å². The molecule has 1 aromatic heterocycles. The summed E-state index contributed by atoms with van der Waals surface area (Å²) >= 11 is 0. The number of aromatic nitrogens is 1. The fourth-order valence-electron chi connectivity index (χ4n) is 3.73. The molecule has 1 N–H and O–H groups in total. The van der Waals surface area contributed by atoms with Crippen molar-refractivity contribution < 1.29 is 13.2 Å². The highest BCUT2D eigenvalue weighted by Gasteiger charge is 2.27. The Morgan fingerprint density at radius 1 is 1.21 bits per heavy atom. The van der Waals surface area contributed by atoms with Crippen molar-refractivity contribution in [2.45, 2.75) is 44.0 Å². The van der Waals surface area contributed by atoms with Crippen LogP contribution in [0.4, 0.5) is 0 Å². The minimum atomic E-state index is -3.59. The number of likely N-dealkylation sites (tertiary alicyclic amines) is 1. The summed E-state index contributed by atoms with van der Waals surface area (Å²) in [6.45, 7) is 6.90. The lowest BCUT2D eigenvalue weighted by molar-refractivity contribution is 0.238. The Morgan fingerprint density at radius 3 is 2.57 bits per heavy atom. The molecule has 1 fully saturated rings. The molecule has 0 saturated carbocycles. The summed E-state index contributed by atoms with van der Waals surface area (Å²) in [7, 11) is -1.58. The van der Waals surface area contributed by atoms with E-state index in [1.807, 2.05) is 33.2 Å². The smallest absolute Gasteiger partial charge is 0.240 e. The van der Waals surface area contributed by atoms with Crippen LogP contribution in [0, 0.1) is 6.92 Å². The first-order chi connectivity index (χ1) is 13.4. The quantitative estimate of drug-likeness (QED) is 0.696. The van der Waals surface area contributed by atoms with Gasteiger partial charge in [-0.2, -0.15) is 0 Å². The van der Waals surface area contributed by atoms with Gasteiger partial charge < -0.3 is 9.30 Å². The molecule has 154 valence electrons. The van der Waals surface area contributed by atoms with Crippen molar-refractivity contribution in [1.29, 1.82) is 0 Å². The number of sulfonamides is 1. The molecule has 1 unspecified atom stereocenters. The van der Waals surface area contributed by atoms with E-state index in [-0.39, 0.29) is 10.9 Å². The summed E-state index contributed by atoms with van der Waals surface area (Å²) < 4.78 is 36.4. The second-order valence-electron chi connectivity index (χ2n) is 7.43. The molecule has 0 radical (unpaired) electrons. The molecule has 0 spiro atoms. The van der Waals surface area contributed by atoms with E-state index in [2.05, 4.69) is 20.3 Å². The maximum Gasteiger partial charge on any atom is 0.240 e. The summed E-state index contributed by atoms with van der Waals surface area (Å²) in [4.78, 5) is 2.64. The Kier molecular flexibility index (Phi) is 6.80. The molecule has 2 aromatic rings. The minimum absolute atomic E-state index is 0.0329. The summed E-state index contributed by atoms with van der Waals surface area (Å²) in [5, 5.41) is 0. The van der Waals surface area contributed by atoms with Gasteiger partial charge in [0.25, 0.3) is 0 Å². The fourth-order valence-corrected chi connectivity index (χ4v) is 4.85. The van der Waals surface area contributed by atoms with Gasteiger partial charge in [-0.1, -0.05) is 6.92 Å². The first-order valence-electron chi connectivity index (χ1n) is 10.0. The monoisotopic (exact) mass is 405 g/mol. The average Bonchev–Trinajstić information content (AvgIpc) is 3.33. The largest absolute Gasteiger partial charge is 0.493 e. The normalized spacial score (nSPS) is 16.4. The predicted molar refractivity (Wildman–Crippen MR) is 111 cm³/mol. The molecule has 1 aliphatic rings. The van der Waals surface area contributed by atoms with Crippen LogP contribution in [0.15, 0.2) is 41.4 Å². The van der Waals surface area contributed by atoms with Gasteiger partial charge in [0.1, 0.15) is 5.75 Å². The molecule has 0 amide bonds. The molecule has 3 rings (SSSR count). The number of benzene rings is 1. The number of rotatable bonds is 9. The third kappa shape index (κ3) is 4.77. The Bertz CT molecular complexity index is 886. The van der Waals surface area contributed by atoms with Gasteiger partial charge in [-0.25, -0.2) is 13.1 Å². The molecule has 0 bridgehead atoms. The van der Waals surface area contributed by atoms with Crippen molar-refractivity contribution in [1.82, 2.24) is 14.2 Å². The molecule has 0 aliphatic carbocycles. The Labute approximate surface area is 168 Å². The van der Waals surface area contributed by atoms with Crippen LogP contribution in [-0.2, 0) is 17.1 Å².